The van der Waals surface area contributed by atoms with Crippen molar-refractivity contribution in [2.75, 3.05) is 18.9 Å². The zero-order valence-corrected chi connectivity index (χ0v) is 11.1. The summed E-state index contributed by atoms with van der Waals surface area (Å²) in [5.74, 6) is 0. The predicted octanol–water partition coefficient (Wildman–Crippen LogP) is 0.491. The highest BCUT2D eigenvalue weighted by atomic mass is 32.2. The fourth-order valence-electron chi connectivity index (χ4n) is 1.73. The number of anilines is 1. The van der Waals surface area contributed by atoms with Gasteiger partial charge in [-0.3, -0.25) is 0 Å². The Kier molecular flexibility index (Phi) is 3.67. The van der Waals surface area contributed by atoms with Crippen LogP contribution >= 0.6 is 11.3 Å². The Morgan fingerprint density at radius 2 is 2.41 bits per heavy atom. The molecule has 0 radical (unpaired) electrons. The van der Waals surface area contributed by atoms with Crippen LogP contribution in [0.25, 0.3) is 0 Å². The average Bonchev–Trinajstić information content (AvgIpc) is 2.85. The van der Waals surface area contributed by atoms with Crippen LogP contribution in [0.2, 0.25) is 0 Å². The topological polar surface area (TPSA) is 94.3 Å². The highest BCUT2D eigenvalue weighted by Crippen LogP contribution is 2.24. The number of nitrogens with zero attached hydrogens (tertiary/aromatic N) is 1. The molecule has 0 aromatic carbocycles. The summed E-state index contributed by atoms with van der Waals surface area (Å²) in [5.41, 5.74) is 5.92. The summed E-state index contributed by atoms with van der Waals surface area (Å²) in [5, 5.41) is 0.264. The summed E-state index contributed by atoms with van der Waals surface area (Å²) in [6, 6.07) is 0. The number of nitrogens with one attached hydrogen (secondary N) is 1. The van der Waals surface area contributed by atoms with Gasteiger partial charge in [0, 0.05) is 13.2 Å². The van der Waals surface area contributed by atoms with E-state index in [1.165, 1.54) is 0 Å². The third-order valence-corrected chi connectivity index (χ3v) is 5.56. The van der Waals surface area contributed by atoms with Crippen LogP contribution in [0.4, 0.5) is 5.13 Å². The summed E-state index contributed by atoms with van der Waals surface area (Å²) in [6.07, 6.45) is 1.86. The Hall–Kier alpha value is -0.700. The van der Waals surface area contributed by atoms with Gasteiger partial charge in [0.25, 0.3) is 10.0 Å². The number of hydrogen-bond acceptors (Lipinski definition) is 6. The number of thiazole rings is 1. The van der Waals surface area contributed by atoms with Crippen molar-refractivity contribution in [3.8, 4) is 0 Å². The fraction of sp³-hybridized carbons (Fsp3) is 0.667. The smallest absolute Gasteiger partial charge is 0.252 e. The van der Waals surface area contributed by atoms with E-state index in [0.29, 0.717) is 18.8 Å². The lowest BCUT2D eigenvalue weighted by Crippen LogP contribution is -2.31. The van der Waals surface area contributed by atoms with Crippen LogP contribution in [0.5, 0.6) is 0 Å². The van der Waals surface area contributed by atoms with Gasteiger partial charge in [0.1, 0.15) is 0 Å². The maximum atomic E-state index is 12.0. The third-order valence-electron chi connectivity index (χ3n) is 2.54. The van der Waals surface area contributed by atoms with E-state index in [2.05, 4.69) is 9.71 Å². The maximum absolute atomic E-state index is 12.0. The molecule has 1 atom stereocenters. The number of aromatic nitrogens is 1. The summed E-state index contributed by atoms with van der Waals surface area (Å²) in [7, 11) is -3.51. The molecule has 1 aromatic rings. The van der Waals surface area contributed by atoms with Gasteiger partial charge in [-0.05, 0) is 19.8 Å². The lowest BCUT2D eigenvalue weighted by atomic mass is 10.2. The standard InChI is InChI=1S/C9H15N3O3S2/c1-6-8(16-9(10)12-6)17(13,14)11-5-7-3-2-4-15-7/h7,11H,2-5H2,1H3,(H2,10,12)/t7-/m0/s1. The number of ether oxygens (including phenoxy) is 1. The van der Waals surface area contributed by atoms with E-state index in [0.717, 1.165) is 24.2 Å². The van der Waals surface area contributed by atoms with Crippen LogP contribution in [0.15, 0.2) is 4.21 Å². The van der Waals surface area contributed by atoms with Crippen LogP contribution in [0.3, 0.4) is 0 Å². The highest BCUT2D eigenvalue weighted by molar-refractivity contribution is 7.91. The summed E-state index contributed by atoms with van der Waals surface area (Å²) >= 11 is 0.979. The van der Waals surface area contributed by atoms with Crippen LogP contribution in [-0.2, 0) is 14.8 Å². The molecule has 1 saturated heterocycles. The van der Waals surface area contributed by atoms with Gasteiger partial charge in [0.2, 0.25) is 0 Å². The van der Waals surface area contributed by atoms with Crippen molar-refractivity contribution in [2.24, 2.45) is 0 Å². The monoisotopic (exact) mass is 277 g/mol. The highest BCUT2D eigenvalue weighted by Gasteiger charge is 2.23. The molecule has 0 spiro atoms. The quantitative estimate of drug-likeness (QED) is 0.835. The summed E-state index contributed by atoms with van der Waals surface area (Å²) < 4.78 is 32.0. The largest absolute Gasteiger partial charge is 0.377 e. The Morgan fingerprint density at radius 1 is 1.65 bits per heavy atom. The number of hydrogen-bond donors (Lipinski definition) is 2. The van der Waals surface area contributed by atoms with E-state index < -0.39 is 10.0 Å². The van der Waals surface area contributed by atoms with Gasteiger partial charge < -0.3 is 10.5 Å². The van der Waals surface area contributed by atoms with Crippen molar-refractivity contribution >= 4 is 26.5 Å². The van der Waals surface area contributed by atoms with Crippen molar-refractivity contribution in [1.82, 2.24) is 9.71 Å². The summed E-state index contributed by atoms with van der Waals surface area (Å²) in [4.78, 5) is 3.90. The normalized spacial score (nSPS) is 20.9. The van der Waals surface area contributed by atoms with E-state index in [4.69, 9.17) is 10.5 Å². The molecule has 0 amide bonds. The van der Waals surface area contributed by atoms with E-state index in [9.17, 15) is 8.42 Å². The molecule has 2 heterocycles. The van der Waals surface area contributed by atoms with E-state index in [1.54, 1.807) is 6.92 Å². The predicted molar refractivity (Wildman–Crippen MR) is 65.4 cm³/mol. The SMILES string of the molecule is Cc1nc(N)sc1S(=O)(=O)NC[C@@H]1CCCO1. The minimum atomic E-state index is -3.51. The fourth-order valence-corrected chi connectivity index (χ4v) is 4.13. The Bertz CT molecular complexity index is 492. The molecule has 6 nitrogen and oxygen atoms in total. The van der Waals surface area contributed by atoms with Gasteiger partial charge in [-0.25, -0.2) is 18.1 Å². The first-order valence-electron chi connectivity index (χ1n) is 5.33. The van der Waals surface area contributed by atoms with Crippen LogP contribution < -0.4 is 10.5 Å². The molecule has 1 aliphatic heterocycles. The molecule has 1 aliphatic rings. The number of nitrogens with two attached hydrogens (primary N) is 1. The third kappa shape index (κ3) is 2.95. The first-order chi connectivity index (χ1) is 7.99. The number of nitrogen functional groups attached to an aromatic ring is 1. The van der Waals surface area contributed by atoms with Crippen molar-refractivity contribution in [3.63, 3.8) is 0 Å². The minimum Gasteiger partial charge on any atom is -0.377 e. The van der Waals surface area contributed by atoms with E-state index >= 15 is 0 Å². The second-order valence-corrected chi connectivity index (χ2v) is 6.90. The number of sulfonamides is 1. The lowest BCUT2D eigenvalue weighted by molar-refractivity contribution is 0.114. The average molecular weight is 277 g/mol. The molecule has 0 bridgehead atoms. The van der Waals surface area contributed by atoms with Crippen molar-refractivity contribution in [2.45, 2.75) is 30.1 Å². The van der Waals surface area contributed by atoms with Crippen LogP contribution in [-0.4, -0.2) is 32.7 Å². The molecular formula is C9H15N3O3S2. The second kappa shape index (κ2) is 4.89. The molecule has 8 heteroatoms. The van der Waals surface area contributed by atoms with Crippen molar-refractivity contribution in [3.05, 3.63) is 5.69 Å². The number of rotatable bonds is 4. The number of aryl methyl sites for hydroxylation is 1. The van der Waals surface area contributed by atoms with Gasteiger partial charge in [0.05, 0.1) is 11.8 Å². The zero-order valence-electron chi connectivity index (χ0n) is 9.47. The zero-order chi connectivity index (χ0) is 12.5. The first-order valence-corrected chi connectivity index (χ1v) is 7.63. The molecule has 96 valence electrons. The Balaban J connectivity index is 2.05. The molecule has 0 unspecified atom stereocenters. The first kappa shape index (κ1) is 12.7. The van der Waals surface area contributed by atoms with Crippen molar-refractivity contribution in [1.29, 1.82) is 0 Å². The maximum Gasteiger partial charge on any atom is 0.252 e. The van der Waals surface area contributed by atoms with Gasteiger partial charge in [-0.1, -0.05) is 11.3 Å². The molecule has 0 saturated carbocycles. The van der Waals surface area contributed by atoms with E-state index in [1.807, 2.05) is 0 Å². The summed E-state index contributed by atoms with van der Waals surface area (Å²) in [6.45, 7) is 2.64. The van der Waals surface area contributed by atoms with Crippen LogP contribution in [0.1, 0.15) is 18.5 Å². The molecule has 2 rings (SSSR count). The minimum absolute atomic E-state index is 0.0182. The molecule has 17 heavy (non-hydrogen) atoms. The molecular weight excluding hydrogens is 262 g/mol. The molecule has 1 fully saturated rings. The second-order valence-electron chi connectivity index (χ2n) is 3.91. The van der Waals surface area contributed by atoms with Gasteiger partial charge >= 0.3 is 0 Å². The molecule has 1 aromatic heterocycles. The van der Waals surface area contributed by atoms with Gasteiger partial charge in [0.15, 0.2) is 9.34 Å². The Labute approximate surface area is 104 Å². The van der Waals surface area contributed by atoms with Gasteiger partial charge in [-0.15, -0.1) is 0 Å². The van der Waals surface area contributed by atoms with Gasteiger partial charge in [-0.2, -0.15) is 0 Å². The van der Waals surface area contributed by atoms with Crippen LogP contribution in [0, 0.1) is 6.92 Å². The molecule has 0 aliphatic carbocycles. The van der Waals surface area contributed by atoms with Crippen molar-refractivity contribution < 1.29 is 13.2 Å². The lowest BCUT2D eigenvalue weighted by Gasteiger charge is -2.10. The van der Waals surface area contributed by atoms with E-state index in [-0.39, 0.29) is 15.4 Å². The molecule has 3 N–H and O–H groups in total. The Morgan fingerprint density at radius 3 is 2.94 bits per heavy atom.